The summed E-state index contributed by atoms with van der Waals surface area (Å²) in [6.07, 6.45) is 2.90. The summed E-state index contributed by atoms with van der Waals surface area (Å²) in [5.74, 6) is -0.292. The van der Waals surface area contributed by atoms with E-state index in [1.807, 2.05) is 30.3 Å². The number of nitrogens with one attached hydrogen (secondary N) is 1. The van der Waals surface area contributed by atoms with Gasteiger partial charge < -0.3 is 5.32 Å². The topological polar surface area (TPSA) is 46.9 Å². The molecule has 3 aromatic rings. The summed E-state index contributed by atoms with van der Waals surface area (Å²) < 4.78 is 16.1. The predicted octanol–water partition coefficient (Wildman–Crippen LogP) is 4.64. The van der Waals surface area contributed by atoms with Crippen LogP contribution in [0.2, 0.25) is 5.02 Å². The summed E-state index contributed by atoms with van der Waals surface area (Å²) in [6, 6.07) is 14.3. The van der Waals surface area contributed by atoms with Gasteiger partial charge in [-0.1, -0.05) is 35.9 Å². The SMILES string of the molecule is Cc1ccc(F)c(C2(C(=O)Nc3ccn(-c4ccccc4)n3)CC2)c1Cl. The molecule has 2 aromatic carbocycles. The van der Waals surface area contributed by atoms with Gasteiger partial charge in [0.1, 0.15) is 5.82 Å². The Kier molecular flexibility index (Phi) is 4.04. The molecule has 132 valence electrons. The largest absolute Gasteiger partial charge is 0.308 e. The van der Waals surface area contributed by atoms with Crippen molar-refractivity contribution in [3.05, 3.63) is 76.7 Å². The summed E-state index contributed by atoms with van der Waals surface area (Å²) in [4.78, 5) is 12.9. The van der Waals surface area contributed by atoms with Crippen molar-refractivity contribution in [3.63, 3.8) is 0 Å². The first-order valence-corrected chi connectivity index (χ1v) is 8.77. The number of nitrogens with zero attached hydrogens (tertiary/aromatic N) is 2. The van der Waals surface area contributed by atoms with Gasteiger partial charge in [-0.05, 0) is 43.5 Å². The number of benzene rings is 2. The second-order valence-corrected chi connectivity index (χ2v) is 6.95. The van der Waals surface area contributed by atoms with Crippen LogP contribution in [0.25, 0.3) is 5.69 Å². The van der Waals surface area contributed by atoms with Crippen LogP contribution < -0.4 is 5.32 Å². The van der Waals surface area contributed by atoms with E-state index in [1.54, 1.807) is 29.9 Å². The van der Waals surface area contributed by atoms with E-state index in [0.717, 1.165) is 11.3 Å². The lowest BCUT2D eigenvalue weighted by atomic mass is 9.92. The first-order chi connectivity index (χ1) is 12.5. The number of aryl methyl sites for hydroxylation is 1. The van der Waals surface area contributed by atoms with Crippen molar-refractivity contribution in [1.29, 1.82) is 0 Å². The molecule has 0 aliphatic heterocycles. The Hall–Kier alpha value is -2.66. The molecular formula is C20H17ClFN3O. The molecular weight excluding hydrogens is 353 g/mol. The standard InChI is InChI=1S/C20H17ClFN3O/c1-13-7-8-15(22)17(18(13)21)20(10-11-20)19(26)23-16-9-12-25(24-16)14-5-3-2-4-6-14/h2-9,12H,10-11H2,1H3,(H,23,24,26). The number of amides is 1. The number of hydrogen-bond acceptors (Lipinski definition) is 2. The van der Waals surface area contributed by atoms with E-state index in [0.29, 0.717) is 29.2 Å². The quantitative estimate of drug-likeness (QED) is 0.728. The van der Waals surface area contributed by atoms with Gasteiger partial charge in [0.2, 0.25) is 5.91 Å². The zero-order valence-electron chi connectivity index (χ0n) is 14.2. The van der Waals surface area contributed by atoms with E-state index in [4.69, 9.17) is 11.6 Å². The molecule has 1 saturated carbocycles. The van der Waals surface area contributed by atoms with E-state index in [2.05, 4.69) is 10.4 Å². The van der Waals surface area contributed by atoms with Crippen molar-refractivity contribution in [3.8, 4) is 5.69 Å². The fourth-order valence-corrected chi connectivity index (χ4v) is 3.50. The highest BCUT2D eigenvalue weighted by Crippen LogP contribution is 2.52. The number of aromatic nitrogens is 2. The highest BCUT2D eigenvalue weighted by Gasteiger charge is 2.54. The summed E-state index contributed by atoms with van der Waals surface area (Å²) in [5.41, 5.74) is 1.03. The Morgan fingerprint density at radius 2 is 1.92 bits per heavy atom. The van der Waals surface area contributed by atoms with Crippen LogP contribution in [-0.4, -0.2) is 15.7 Å². The number of halogens is 2. The van der Waals surface area contributed by atoms with Gasteiger partial charge in [0.05, 0.1) is 16.1 Å². The van der Waals surface area contributed by atoms with Crippen LogP contribution in [0.1, 0.15) is 24.0 Å². The maximum Gasteiger partial charge on any atom is 0.236 e. The number of hydrogen-bond donors (Lipinski definition) is 1. The number of para-hydroxylation sites is 1. The normalized spacial score (nSPS) is 14.9. The minimum atomic E-state index is -0.913. The molecule has 1 aromatic heterocycles. The number of carbonyl (C=O) groups is 1. The zero-order valence-corrected chi connectivity index (χ0v) is 14.9. The lowest BCUT2D eigenvalue weighted by molar-refractivity contribution is -0.118. The Morgan fingerprint density at radius 1 is 1.19 bits per heavy atom. The van der Waals surface area contributed by atoms with Gasteiger partial charge in [-0.25, -0.2) is 9.07 Å². The molecule has 4 rings (SSSR count). The first-order valence-electron chi connectivity index (χ1n) is 8.39. The monoisotopic (exact) mass is 369 g/mol. The molecule has 1 heterocycles. The van der Waals surface area contributed by atoms with Crippen molar-refractivity contribution in [1.82, 2.24) is 9.78 Å². The highest BCUT2D eigenvalue weighted by molar-refractivity contribution is 6.32. The number of rotatable bonds is 4. The summed E-state index contributed by atoms with van der Waals surface area (Å²) in [5, 5.41) is 7.51. The van der Waals surface area contributed by atoms with E-state index < -0.39 is 11.2 Å². The van der Waals surface area contributed by atoms with E-state index in [-0.39, 0.29) is 5.91 Å². The van der Waals surface area contributed by atoms with E-state index in [9.17, 15) is 9.18 Å². The second kappa shape index (κ2) is 6.25. The number of anilines is 1. The average Bonchev–Trinajstić information content (AvgIpc) is 3.31. The third kappa shape index (κ3) is 2.78. The molecule has 0 bridgehead atoms. The minimum Gasteiger partial charge on any atom is -0.308 e. The third-order valence-corrected chi connectivity index (χ3v) is 5.29. The molecule has 1 aliphatic carbocycles. The van der Waals surface area contributed by atoms with Crippen molar-refractivity contribution in [2.24, 2.45) is 0 Å². The van der Waals surface area contributed by atoms with Gasteiger partial charge in [0.25, 0.3) is 0 Å². The van der Waals surface area contributed by atoms with Gasteiger partial charge in [0.15, 0.2) is 5.82 Å². The molecule has 4 nitrogen and oxygen atoms in total. The fourth-order valence-electron chi connectivity index (χ4n) is 3.16. The Balaban J connectivity index is 1.60. The van der Waals surface area contributed by atoms with Crippen LogP contribution >= 0.6 is 11.6 Å². The van der Waals surface area contributed by atoms with Crippen molar-refractivity contribution in [2.75, 3.05) is 5.32 Å². The van der Waals surface area contributed by atoms with Crippen molar-refractivity contribution >= 4 is 23.3 Å². The molecule has 26 heavy (non-hydrogen) atoms. The molecule has 1 amide bonds. The van der Waals surface area contributed by atoms with E-state index in [1.165, 1.54) is 6.07 Å². The number of carbonyl (C=O) groups excluding carboxylic acids is 1. The Morgan fingerprint density at radius 3 is 2.62 bits per heavy atom. The van der Waals surface area contributed by atoms with Crippen LogP contribution in [0.5, 0.6) is 0 Å². The molecule has 0 unspecified atom stereocenters. The van der Waals surface area contributed by atoms with Gasteiger partial charge in [-0.3, -0.25) is 4.79 Å². The Bertz CT molecular complexity index is 980. The Labute approximate surface area is 155 Å². The first kappa shape index (κ1) is 16.8. The van der Waals surface area contributed by atoms with Gasteiger partial charge >= 0.3 is 0 Å². The molecule has 0 saturated heterocycles. The molecule has 1 N–H and O–H groups in total. The summed E-state index contributed by atoms with van der Waals surface area (Å²) in [7, 11) is 0. The molecule has 6 heteroatoms. The van der Waals surface area contributed by atoms with Crippen LogP contribution in [-0.2, 0) is 10.2 Å². The van der Waals surface area contributed by atoms with Crippen molar-refractivity contribution in [2.45, 2.75) is 25.2 Å². The lowest BCUT2D eigenvalue weighted by Crippen LogP contribution is -2.29. The second-order valence-electron chi connectivity index (χ2n) is 6.57. The highest BCUT2D eigenvalue weighted by atomic mass is 35.5. The van der Waals surface area contributed by atoms with E-state index >= 15 is 0 Å². The van der Waals surface area contributed by atoms with Gasteiger partial charge in [-0.15, -0.1) is 0 Å². The molecule has 0 spiro atoms. The third-order valence-electron chi connectivity index (χ3n) is 4.80. The zero-order chi connectivity index (χ0) is 18.3. The smallest absolute Gasteiger partial charge is 0.236 e. The maximum atomic E-state index is 14.4. The molecule has 1 fully saturated rings. The molecule has 0 atom stereocenters. The van der Waals surface area contributed by atoms with Crippen molar-refractivity contribution < 1.29 is 9.18 Å². The lowest BCUT2D eigenvalue weighted by Gasteiger charge is -2.18. The average molecular weight is 370 g/mol. The minimum absolute atomic E-state index is 0.276. The summed E-state index contributed by atoms with van der Waals surface area (Å²) >= 11 is 6.31. The predicted molar refractivity (Wildman–Crippen MR) is 99.3 cm³/mol. The summed E-state index contributed by atoms with van der Waals surface area (Å²) in [6.45, 7) is 1.81. The molecule has 1 aliphatic rings. The maximum absolute atomic E-state index is 14.4. The van der Waals surface area contributed by atoms with Crippen LogP contribution in [0.3, 0.4) is 0 Å². The van der Waals surface area contributed by atoms with Crippen LogP contribution in [0, 0.1) is 12.7 Å². The fraction of sp³-hybridized carbons (Fsp3) is 0.200. The van der Waals surface area contributed by atoms with Gasteiger partial charge in [0, 0.05) is 17.8 Å². The molecule has 0 radical (unpaired) electrons. The van der Waals surface area contributed by atoms with Crippen LogP contribution in [0.15, 0.2) is 54.7 Å². The van der Waals surface area contributed by atoms with Crippen LogP contribution in [0.4, 0.5) is 10.2 Å². The van der Waals surface area contributed by atoms with Gasteiger partial charge in [-0.2, -0.15) is 5.10 Å².